The minimum absolute atomic E-state index is 0.0863. The number of nitrogens with zero attached hydrogens (tertiary/aromatic N) is 4. The summed E-state index contributed by atoms with van der Waals surface area (Å²) in [5, 5.41) is 7.18. The molecule has 1 aliphatic heterocycles. The predicted octanol–water partition coefficient (Wildman–Crippen LogP) is 6.02. The Labute approximate surface area is 197 Å². The number of amides is 1. The van der Waals surface area contributed by atoms with E-state index < -0.39 is 0 Å². The molecule has 172 valence electrons. The quantitative estimate of drug-likeness (QED) is 0.400. The maximum Gasteiger partial charge on any atom is 0.280 e. The summed E-state index contributed by atoms with van der Waals surface area (Å²) in [6.45, 7) is 13.9. The molecule has 0 atom stereocenters. The highest BCUT2D eigenvalue weighted by Crippen LogP contribution is 2.28. The van der Waals surface area contributed by atoms with Crippen LogP contribution in [0.25, 0.3) is 17.0 Å². The standard InChI is InChI=1S/C28H34N4O/c1-20(2)16-30(17-21(3)4)19-31-18-23(25-13-9-10-14-27(25)31)15-26-22(5)29-32(28(26)33)24-11-7-6-8-12-24/h6-15,18,20-21H,16-17,19H2,1-5H3. The third-order valence-corrected chi connectivity index (χ3v) is 5.78. The zero-order valence-electron chi connectivity index (χ0n) is 20.3. The van der Waals surface area contributed by atoms with Crippen LogP contribution in [0.1, 0.15) is 40.2 Å². The van der Waals surface area contributed by atoms with E-state index in [0.29, 0.717) is 17.4 Å². The zero-order valence-corrected chi connectivity index (χ0v) is 20.3. The predicted molar refractivity (Wildman–Crippen MR) is 138 cm³/mol. The third kappa shape index (κ3) is 5.09. The van der Waals surface area contributed by atoms with Gasteiger partial charge >= 0.3 is 0 Å². The van der Waals surface area contributed by atoms with Crippen molar-refractivity contribution in [1.82, 2.24) is 9.47 Å². The fourth-order valence-corrected chi connectivity index (χ4v) is 4.53. The molecule has 0 bridgehead atoms. The van der Waals surface area contributed by atoms with E-state index in [-0.39, 0.29) is 5.91 Å². The van der Waals surface area contributed by atoms with Crippen molar-refractivity contribution in [2.24, 2.45) is 16.9 Å². The van der Waals surface area contributed by atoms with Gasteiger partial charge in [0.15, 0.2) is 0 Å². The molecule has 5 heteroatoms. The van der Waals surface area contributed by atoms with E-state index in [0.717, 1.165) is 42.1 Å². The number of carbonyl (C=O) groups excluding carboxylic acids is 1. The van der Waals surface area contributed by atoms with E-state index in [9.17, 15) is 4.79 Å². The summed E-state index contributed by atoms with van der Waals surface area (Å²) in [6.07, 6.45) is 4.18. The molecule has 0 saturated heterocycles. The topological polar surface area (TPSA) is 40.8 Å². The van der Waals surface area contributed by atoms with Crippen molar-refractivity contribution in [2.45, 2.75) is 41.3 Å². The zero-order chi connectivity index (χ0) is 23.5. The van der Waals surface area contributed by atoms with Gasteiger partial charge in [0.05, 0.1) is 23.6 Å². The lowest BCUT2D eigenvalue weighted by Crippen LogP contribution is -2.33. The van der Waals surface area contributed by atoms with Crippen molar-refractivity contribution in [3.05, 3.63) is 71.9 Å². The summed E-state index contributed by atoms with van der Waals surface area (Å²) in [6, 6.07) is 18.0. The van der Waals surface area contributed by atoms with E-state index in [4.69, 9.17) is 0 Å². The molecule has 0 fully saturated rings. The number of hydrazone groups is 1. The van der Waals surface area contributed by atoms with Crippen LogP contribution in [-0.4, -0.2) is 34.2 Å². The lowest BCUT2D eigenvalue weighted by molar-refractivity contribution is -0.114. The molecule has 4 rings (SSSR count). The third-order valence-electron chi connectivity index (χ3n) is 5.78. The van der Waals surface area contributed by atoms with Gasteiger partial charge in [-0.1, -0.05) is 64.1 Å². The fraction of sp³-hybridized carbons (Fsp3) is 0.357. The van der Waals surface area contributed by atoms with Crippen LogP contribution in [0.15, 0.2) is 71.5 Å². The van der Waals surface area contributed by atoms with Gasteiger partial charge in [0.1, 0.15) is 0 Å². The Bertz CT molecular complexity index is 1180. The number of benzene rings is 2. The van der Waals surface area contributed by atoms with Crippen LogP contribution in [0, 0.1) is 11.8 Å². The van der Waals surface area contributed by atoms with Crippen LogP contribution in [0.2, 0.25) is 0 Å². The minimum atomic E-state index is -0.0863. The highest BCUT2D eigenvalue weighted by atomic mass is 16.2. The van der Waals surface area contributed by atoms with Crippen molar-refractivity contribution in [1.29, 1.82) is 0 Å². The van der Waals surface area contributed by atoms with Gasteiger partial charge in [0.25, 0.3) is 5.91 Å². The number of fused-ring (bicyclic) bond motifs is 1. The van der Waals surface area contributed by atoms with Crippen molar-refractivity contribution < 1.29 is 4.79 Å². The van der Waals surface area contributed by atoms with Gasteiger partial charge in [-0.15, -0.1) is 0 Å². The normalized spacial score (nSPS) is 15.6. The molecule has 2 aromatic carbocycles. The second-order valence-electron chi connectivity index (χ2n) is 9.73. The number of hydrogen-bond donors (Lipinski definition) is 0. The molecule has 2 heterocycles. The lowest BCUT2D eigenvalue weighted by atomic mass is 10.1. The van der Waals surface area contributed by atoms with Crippen LogP contribution in [0.5, 0.6) is 0 Å². The maximum absolute atomic E-state index is 13.2. The molecule has 1 amide bonds. The van der Waals surface area contributed by atoms with Crippen LogP contribution in [-0.2, 0) is 11.5 Å². The second-order valence-corrected chi connectivity index (χ2v) is 9.73. The molecule has 1 aromatic heterocycles. The first-order chi connectivity index (χ1) is 15.8. The Hall–Kier alpha value is -3.18. The number of para-hydroxylation sites is 2. The Morgan fingerprint density at radius 3 is 2.24 bits per heavy atom. The number of anilines is 1. The van der Waals surface area contributed by atoms with E-state index in [2.05, 4.69) is 72.7 Å². The minimum Gasteiger partial charge on any atom is -0.333 e. The molecular weight excluding hydrogens is 408 g/mol. The number of rotatable bonds is 8. The van der Waals surface area contributed by atoms with Crippen molar-refractivity contribution in [3.8, 4) is 0 Å². The van der Waals surface area contributed by atoms with Gasteiger partial charge < -0.3 is 4.57 Å². The highest BCUT2D eigenvalue weighted by molar-refractivity contribution is 6.32. The summed E-state index contributed by atoms with van der Waals surface area (Å²) in [7, 11) is 0. The Kier molecular flexibility index (Phi) is 6.80. The van der Waals surface area contributed by atoms with Crippen LogP contribution >= 0.6 is 0 Å². The van der Waals surface area contributed by atoms with Gasteiger partial charge in [-0.3, -0.25) is 9.69 Å². The summed E-state index contributed by atoms with van der Waals surface area (Å²) in [5.41, 5.74) is 4.39. The van der Waals surface area contributed by atoms with Crippen LogP contribution in [0.4, 0.5) is 5.69 Å². The van der Waals surface area contributed by atoms with Crippen molar-refractivity contribution >= 4 is 34.3 Å². The first-order valence-electron chi connectivity index (χ1n) is 11.8. The Morgan fingerprint density at radius 1 is 0.939 bits per heavy atom. The molecule has 3 aromatic rings. The average molecular weight is 443 g/mol. The lowest BCUT2D eigenvalue weighted by Gasteiger charge is -2.27. The molecule has 0 aliphatic carbocycles. The van der Waals surface area contributed by atoms with Gasteiger partial charge in [0, 0.05) is 35.8 Å². The van der Waals surface area contributed by atoms with Crippen molar-refractivity contribution in [2.75, 3.05) is 18.1 Å². The van der Waals surface area contributed by atoms with Crippen LogP contribution in [0.3, 0.4) is 0 Å². The molecule has 0 spiro atoms. The molecule has 33 heavy (non-hydrogen) atoms. The van der Waals surface area contributed by atoms with E-state index in [1.165, 1.54) is 10.5 Å². The first kappa shape index (κ1) is 23.0. The largest absolute Gasteiger partial charge is 0.333 e. The van der Waals surface area contributed by atoms with Gasteiger partial charge in [-0.2, -0.15) is 10.1 Å². The number of aromatic nitrogens is 1. The number of hydrogen-bond acceptors (Lipinski definition) is 3. The molecule has 0 saturated carbocycles. The summed E-state index contributed by atoms with van der Waals surface area (Å²) >= 11 is 0. The van der Waals surface area contributed by atoms with Crippen molar-refractivity contribution in [3.63, 3.8) is 0 Å². The summed E-state index contributed by atoms with van der Waals surface area (Å²) < 4.78 is 2.31. The Balaban J connectivity index is 1.69. The first-order valence-corrected chi connectivity index (χ1v) is 11.8. The molecule has 0 unspecified atom stereocenters. The van der Waals surface area contributed by atoms with E-state index in [1.54, 1.807) is 0 Å². The van der Waals surface area contributed by atoms with Crippen LogP contribution < -0.4 is 5.01 Å². The SMILES string of the molecule is CC1=NN(c2ccccc2)C(=O)C1=Cc1cn(CN(CC(C)C)CC(C)C)c2ccccc12. The molecule has 1 aliphatic rings. The maximum atomic E-state index is 13.2. The molecule has 0 N–H and O–H groups in total. The average Bonchev–Trinajstić information content (AvgIpc) is 3.26. The Morgan fingerprint density at radius 2 is 1.58 bits per heavy atom. The highest BCUT2D eigenvalue weighted by Gasteiger charge is 2.29. The second kappa shape index (κ2) is 9.75. The van der Waals surface area contributed by atoms with E-state index in [1.807, 2.05) is 43.3 Å². The number of carbonyl (C=O) groups is 1. The summed E-state index contributed by atoms with van der Waals surface area (Å²) in [4.78, 5) is 15.7. The van der Waals surface area contributed by atoms with Gasteiger partial charge in [0.2, 0.25) is 0 Å². The smallest absolute Gasteiger partial charge is 0.280 e. The molecule has 0 radical (unpaired) electrons. The summed E-state index contributed by atoms with van der Waals surface area (Å²) in [5.74, 6) is 1.12. The fourth-order valence-electron chi connectivity index (χ4n) is 4.53. The molecular formula is C28H34N4O. The van der Waals surface area contributed by atoms with E-state index >= 15 is 0 Å². The van der Waals surface area contributed by atoms with Gasteiger partial charge in [-0.25, -0.2) is 0 Å². The monoisotopic (exact) mass is 442 g/mol. The van der Waals surface area contributed by atoms with Gasteiger partial charge in [-0.05, 0) is 43.0 Å². The molecule has 5 nitrogen and oxygen atoms in total.